The van der Waals surface area contributed by atoms with Gasteiger partial charge >= 0.3 is 292 Å². The van der Waals surface area contributed by atoms with Crippen molar-refractivity contribution >= 4 is 8.78 Å². The summed E-state index contributed by atoms with van der Waals surface area (Å²) < 4.78 is 2.04. The minimum Gasteiger partial charge on any atom is -1.00 e. The number of hydrogen-bond donors (Lipinski definition) is 0. The van der Waals surface area contributed by atoms with E-state index in [9.17, 15) is 0 Å². The molecule has 0 fully saturated rings. The van der Waals surface area contributed by atoms with Gasteiger partial charge in [0.15, 0.2) is 0 Å². The summed E-state index contributed by atoms with van der Waals surface area (Å²) in [5.74, 6) is 0. The van der Waals surface area contributed by atoms with Crippen molar-refractivity contribution < 1.29 is 47.6 Å². The number of benzene rings is 4. The molecule has 0 radical (unpaired) electrons. The number of allylic oxidation sites excluding steroid dienone is 4. The van der Waals surface area contributed by atoms with Crippen LogP contribution < -0.4 is 24.8 Å². The second kappa shape index (κ2) is 15.7. The summed E-state index contributed by atoms with van der Waals surface area (Å²) >= 11 is -1.28. The van der Waals surface area contributed by atoms with Gasteiger partial charge in [0.05, 0.1) is 0 Å². The van der Waals surface area contributed by atoms with Gasteiger partial charge in [0.1, 0.15) is 0 Å². The van der Waals surface area contributed by atoms with E-state index in [1.54, 1.807) is 42.2 Å². The molecular weight excluding hydrogens is 703 g/mol. The van der Waals surface area contributed by atoms with Gasteiger partial charge in [0.2, 0.25) is 0 Å². The van der Waals surface area contributed by atoms with Crippen LogP contribution in [0.1, 0.15) is 128 Å². The van der Waals surface area contributed by atoms with Crippen LogP contribution in [-0.4, -0.2) is 3.21 Å². The molecule has 3 heteroatoms. The zero-order valence-electron chi connectivity index (χ0n) is 30.1. The molecule has 0 saturated carbocycles. The Labute approximate surface area is 314 Å². The van der Waals surface area contributed by atoms with E-state index in [1.807, 2.05) is 0 Å². The van der Waals surface area contributed by atoms with E-state index in [-0.39, 0.29) is 35.6 Å². The summed E-state index contributed by atoms with van der Waals surface area (Å²) in [5, 5.41) is 0. The topological polar surface area (TPSA) is 0 Å². The minimum atomic E-state index is -1.28. The number of halogens is 2. The fraction of sp³-hybridized carbons (Fsp3) is 0.356. The smallest absolute Gasteiger partial charge is 1.00 e. The van der Waals surface area contributed by atoms with Crippen molar-refractivity contribution in [3.63, 3.8) is 0 Å². The van der Waals surface area contributed by atoms with Crippen LogP contribution in [0.25, 0.3) is 16.7 Å². The Morgan fingerprint density at radius 3 is 1.79 bits per heavy atom. The standard InChI is InChI=1S/C32H41.C13H10.2ClH.Zr/c1-9-13-25-26(14-10-2)30(32(6,7)8)28(21-15-11-12-16-21)27-20-22-19-23(31(3,4)5)17-18-24(22)29(25)27;1-3-7-12(8-4-1)11-13-9-5-2-6-10-13;;;/h11-12,15,17-20H,9-10,13-14,16H2,1-8H3;1-10H;2*1H;/q;;;;+2/p-2. The summed E-state index contributed by atoms with van der Waals surface area (Å²) in [6.45, 7) is 19.3. The molecule has 4 aromatic rings. The SMILES string of the molecule is CCCc1c(CCC)c(C(C)(C)C)c(C2=CC=CC2)c2c1-c1ccc(C(C)(C)C)cc1[CH]2[Zr+2]=[C](c1ccccc1)c1ccccc1.[Cl-].[Cl-]. The van der Waals surface area contributed by atoms with Gasteiger partial charge in [0.25, 0.3) is 0 Å². The molecule has 249 valence electrons. The fourth-order valence-corrected chi connectivity index (χ4v) is 12.2. The van der Waals surface area contributed by atoms with Crippen molar-refractivity contribution in [2.45, 2.75) is 102 Å². The Morgan fingerprint density at radius 1 is 0.708 bits per heavy atom. The second-order valence-electron chi connectivity index (χ2n) is 15.3. The zero-order valence-corrected chi connectivity index (χ0v) is 34.1. The first kappa shape index (κ1) is 38.5. The molecule has 4 aromatic carbocycles. The second-order valence-corrected chi connectivity index (χ2v) is 18.7. The molecule has 2 aliphatic rings. The predicted molar refractivity (Wildman–Crippen MR) is 197 cm³/mol. The van der Waals surface area contributed by atoms with Crippen molar-refractivity contribution in [3.8, 4) is 11.1 Å². The summed E-state index contributed by atoms with van der Waals surface area (Å²) in [4.78, 5) is 0. The maximum absolute atomic E-state index is 2.63. The fourth-order valence-electron chi connectivity index (χ4n) is 7.81. The number of hydrogen-bond acceptors (Lipinski definition) is 0. The molecule has 0 amide bonds. The maximum atomic E-state index is 2.63. The molecular formula is C45H51Cl2Zr. The first-order valence-electron chi connectivity index (χ1n) is 17.5. The van der Waals surface area contributed by atoms with Crippen molar-refractivity contribution in [2.75, 3.05) is 0 Å². The molecule has 0 aliphatic heterocycles. The normalized spacial score (nSPS) is 14.8. The third kappa shape index (κ3) is 7.41. The zero-order chi connectivity index (χ0) is 32.6. The van der Waals surface area contributed by atoms with E-state index in [2.05, 4.69) is 152 Å². The largest absolute Gasteiger partial charge is 1.00 e. The summed E-state index contributed by atoms with van der Waals surface area (Å²) in [6, 6.07) is 30.2. The van der Waals surface area contributed by atoms with E-state index in [0.29, 0.717) is 3.63 Å². The molecule has 0 spiro atoms. The Balaban J connectivity index is 0.00000260. The Bertz CT molecular complexity index is 1790. The maximum Gasteiger partial charge on any atom is -1.00 e. The third-order valence-electron chi connectivity index (χ3n) is 9.80. The molecule has 1 atom stereocenters. The average molecular weight is 754 g/mol. The first-order chi connectivity index (χ1) is 22.0. The molecule has 1 unspecified atom stereocenters. The number of fused-ring (bicyclic) bond motifs is 3. The summed E-state index contributed by atoms with van der Waals surface area (Å²) in [5.41, 5.74) is 18.8. The van der Waals surface area contributed by atoms with Crippen LogP contribution in [0, 0.1) is 0 Å². The van der Waals surface area contributed by atoms with E-state index in [0.717, 1.165) is 19.3 Å². The van der Waals surface area contributed by atoms with Gasteiger partial charge in [-0.2, -0.15) is 0 Å². The van der Waals surface area contributed by atoms with Crippen molar-refractivity contribution in [2.24, 2.45) is 0 Å². The summed E-state index contributed by atoms with van der Waals surface area (Å²) in [6.07, 6.45) is 12.8. The molecule has 0 bridgehead atoms. The van der Waals surface area contributed by atoms with E-state index in [1.165, 1.54) is 40.7 Å². The van der Waals surface area contributed by atoms with Crippen LogP contribution in [0.15, 0.2) is 97.1 Å². The van der Waals surface area contributed by atoms with Crippen LogP contribution in [0.3, 0.4) is 0 Å². The Morgan fingerprint density at radius 2 is 1.29 bits per heavy atom. The van der Waals surface area contributed by atoms with Crippen LogP contribution in [0.5, 0.6) is 0 Å². The van der Waals surface area contributed by atoms with Crippen molar-refractivity contribution in [3.05, 3.63) is 147 Å². The average Bonchev–Trinajstić information content (AvgIpc) is 3.67. The van der Waals surface area contributed by atoms with Gasteiger partial charge in [-0.1, -0.05) is 0 Å². The monoisotopic (exact) mass is 751 g/mol. The summed E-state index contributed by atoms with van der Waals surface area (Å²) in [7, 11) is 0. The van der Waals surface area contributed by atoms with Crippen LogP contribution in [0.4, 0.5) is 0 Å². The molecule has 48 heavy (non-hydrogen) atoms. The van der Waals surface area contributed by atoms with Gasteiger partial charge in [-0.3, -0.25) is 0 Å². The van der Waals surface area contributed by atoms with E-state index >= 15 is 0 Å². The van der Waals surface area contributed by atoms with Gasteiger partial charge in [-0.05, 0) is 0 Å². The molecule has 2 aliphatic carbocycles. The van der Waals surface area contributed by atoms with Gasteiger partial charge < -0.3 is 24.8 Å². The van der Waals surface area contributed by atoms with Crippen molar-refractivity contribution in [1.82, 2.24) is 0 Å². The molecule has 0 N–H and O–H groups in total. The molecule has 6 rings (SSSR count). The van der Waals surface area contributed by atoms with E-state index < -0.39 is 22.8 Å². The van der Waals surface area contributed by atoms with Crippen LogP contribution in [-0.2, 0) is 46.4 Å². The Hall–Kier alpha value is -2.31. The molecule has 0 aromatic heterocycles. The van der Waals surface area contributed by atoms with Gasteiger partial charge in [-0.15, -0.1) is 0 Å². The minimum absolute atomic E-state index is 0. The molecule has 0 saturated heterocycles. The third-order valence-corrected chi connectivity index (χ3v) is 14.1. The number of rotatable bonds is 8. The predicted octanol–water partition coefficient (Wildman–Crippen LogP) is 5.96. The van der Waals surface area contributed by atoms with Crippen LogP contribution in [0.2, 0.25) is 0 Å². The quantitative estimate of drug-likeness (QED) is 0.209. The van der Waals surface area contributed by atoms with E-state index in [4.69, 9.17) is 0 Å². The first-order valence-corrected chi connectivity index (χ1v) is 20.2. The molecule has 0 nitrogen and oxygen atoms in total. The van der Waals surface area contributed by atoms with Crippen LogP contribution >= 0.6 is 0 Å². The Kier molecular flexibility index (Phi) is 12.6. The molecule has 0 heterocycles. The van der Waals surface area contributed by atoms with Gasteiger partial charge in [0, 0.05) is 0 Å². The van der Waals surface area contributed by atoms with Crippen molar-refractivity contribution in [1.29, 1.82) is 0 Å². The van der Waals surface area contributed by atoms with Gasteiger partial charge in [-0.25, -0.2) is 0 Å².